The topological polar surface area (TPSA) is 62.8 Å². The fourth-order valence-electron chi connectivity index (χ4n) is 2.97. The monoisotopic (exact) mass is 360 g/mol. The summed E-state index contributed by atoms with van der Waals surface area (Å²) in [5.41, 5.74) is 1.48. The number of rotatable bonds is 3. The lowest BCUT2D eigenvalue weighted by molar-refractivity contribution is -0.136. The molecule has 0 spiro atoms. The van der Waals surface area contributed by atoms with Gasteiger partial charge in [-0.25, -0.2) is 4.98 Å². The molecule has 0 amide bonds. The van der Waals surface area contributed by atoms with Gasteiger partial charge in [-0.05, 0) is 30.7 Å². The Kier molecular flexibility index (Phi) is 3.82. The summed E-state index contributed by atoms with van der Waals surface area (Å²) in [6.07, 6.45) is -2.52. The molecule has 0 aliphatic carbocycles. The molecule has 2 aromatic heterocycles. The van der Waals surface area contributed by atoms with E-state index in [0.717, 1.165) is 23.0 Å². The van der Waals surface area contributed by atoms with E-state index in [-0.39, 0.29) is 22.5 Å². The first-order valence-electron chi connectivity index (χ1n) is 8.00. The van der Waals surface area contributed by atoms with Gasteiger partial charge >= 0.3 is 6.18 Å². The van der Waals surface area contributed by atoms with Gasteiger partial charge in [0.1, 0.15) is 12.4 Å². The molecule has 26 heavy (non-hydrogen) atoms. The quantitative estimate of drug-likeness (QED) is 0.736. The molecule has 3 aromatic rings. The van der Waals surface area contributed by atoms with E-state index in [9.17, 15) is 13.2 Å². The van der Waals surface area contributed by atoms with Gasteiger partial charge in [0.15, 0.2) is 11.5 Å². The average Bonchev–Trinajstić information content (AvgIpc) is 3.01. The second-order valence-electron chi connectivity index (χ2n) is 6.09. The molecule has 0 saturated heterocycles. The second-order valence-corrected chi connectivity index (χ2v) is 6.09. The Morgan fingerprint density at radius 3 is 2.88 bits per heavy atom. The van der Waals surface area contributed by atoms with Crippen LogP contribution in [-0.4, -0.2) is 28.3 Å². The van der Waals surface area contributed by atoms with Gasteiger partial charge in [-0.15, -0.1) is 0 Å². The molecule has 8 heteroatoms. The average molecular weight is 360 g/mol. The van der Waals surface area contributed by atoms with Crippen molar-refractivity contribution in [3.8, 4) is 5.75 Å². The van der Waals surface area contributed by atoms with Crippen molar-refractivity contribution in [2.75, 3.05) is 18.5 Å². The maximum atomic E-state index is 13.4. The second kappa shape index (κ2) is 6.05. The van der Waals surface area contributed by atoms with E-state index in [2.05, 4.69) is 20.5 Å². The molecule has 5 nitrogen and oxygen atoms in total. The highest BCUT2D eigenvalue weighted by atomic mass is 19.4. The summed E-state index contributed by atoms with van der Waals surface area (Å²) in [5, 5.41) is 9.46. The van der Waals surface area contributed by atoms with Crippen LogP contribution in [0.25, 0.3) is 17.1 Å². The SMILES string of the molecule is Cc1cc(C(F)(F)F)c2c(NCC3=Cc4ccccc4OC3)n[nH]c2n1. The molecule has 0 atom stereocenters. The molecule has 4 rings (SSSR count). The van der Waals surface area contributed by atoms with Crippen LogP contribution in [0.15, 0.2) is 35.9 Å². The largest absolute Gasteiger partial charge is 0.489 e. The first kappa shape index (κ1) is 16.4. The number of aromatic amines is 1. The first-order chi connectivity index (χ1) is 12.4. The smallest absolute Gasteiger partial charge is 0.417 e. The lowest BCUT2D eigenvalue weighted by Crippen LogP contribution is -2.15. The van der Waals surface area contributed by atoms with Crippen molar-refractivity contribution in [1.29, 1.82) is 0 Å². The Morgan fingerprint density at radius 2 is 2.08 bits per heavy atom. The van der Waals surface area contributed by atoms with E-state index in [4.69, 9.17) is 4.74 Å². The van der Waals surface area contributed by atoms with Crippen LogP contribution in [0.2, 0.25) is 0 Å². The third-order valence-electron chi connectivity index (χ3n) is 4.14. The molecule has 1 aliphatic heterocycles. The lowest BCUT2D eigenvalue weighted by Gasteiger charge is -2.18. The Hall–Kier alpha value is -3.03. The fourth-order valence-corrected chi connectivity index (χ4v) is 2.97. The van der Waals surface area contributed by atoms with Crippen molar-refractivity contribution >= 4 is 22.9 Å². The predicted octanol–water partition coefficient (Wildman–Crippen LogP) is 4.17. The summed E-state index contributed by atoms with van der Waals surface area (Å²) in [5.74, 6) is 0.917. The van der Waals surface area contributed by atoms with Gasteiger partial charge in [-0.3, -0.25) is 5.10 Å². The van der Waals surface area contributed by atoms with Crippen LogP contribution in [0.4, 0.5) is 19.0 Å². The number of alkyl halides is 3. The third-order valence-corrected chi connectivity index (χ3v) is 4.14. The Balaban J connectivity index is 1.64. The molecule has 1 aromatic carbocycles. The molecule has 0 unspecified atom stereocenters. The first-order valence-corrected chi connectivity index (χ1v) is 8.00. The number of pyridine rings is 1. The fraction of sp³-hybridized carbons (Fsp3) is 0.222. The highest BCUT2D eigenvalue weighted by molar-refractivity contribution is 5.91. The van der Waals surface area contributed by atoms with Crippen molar-refractivity contribution in [3.63, 3.8) is 0 Å². The number of H-pyrrole nitrogens is 1. The maximum absolute atomic E-state index is 13.4. The highest BCUT2D eigenvalue weighted by Crippen LogP contribution is 2.37. The summed E-state index contributed by atoms with van der Waals surface area (Å²) in [6, 6.07) is 8.62. The van der Waals surface area contributed by atoms with Gasteiger partial charge in [-0.1, -0.05) is 18.2 Å². The van der Waals surface area contributed by atoms with E-state index in [0.29, 0.717) is 13.2 Å². The summed E-state index contributed by atoms with van der Waals surface area (Å²) >= 11 is 0. The zero-order valence-corrected chi connectivity index (χ0v) is 13.8. The normalized spacial score (nSPS) is 13.9. The molecule has 0 saturated carbocycles. The summed E-state index contributed by atoms with van der Waals surface area (Å²) in [7, 11) is 0. The maximum Gasteiger partial charge on any atom is 0.417 e. The minimum Gasteiger partial charge on any atom is -0.489 e. The minimum absolute atomic E-state index is 0.0548. The zero-order valence-electron chi connectivity index (χ0n) is 13.8. The van der Waals surface area contributed by atoms with Crippen molar-refractivity contribution in [2.24, 2.45) is 0 Å². The van der Waals surface area contributed by atoms with Gasteiger partial charge in [0.25, 0.3) is 0 Å². The molecule has 1 aliphatic rings. The summed E-state index contributed by atoms with van der Waals surface area (Å²) < 4.78 is 45.8. The molecule has 2 N–H and O–H groups in total. The molecule has 0 fully saturated rings. The molecule has 134 valence electrons. The molecular weight excluding hydrogens is 345 g/mol. The van der Waals surface area contributed by atoms with Crippen LogP contribution in [0, 0.1) is 6.92 Å². The van der Waals surface area contributed by atoms with E-state index < -0.39 is 11.7 Å². The highest BCUT2D eigenvalue weighted by Gasteiger charge is 2.35. The molecular formula is C18H15F3N4O. The lowest BCUT2D eigenvalue weighted by atomic mass is 10.1. The van der Waals surface area contributed by atoms with Crippen molar-refractivity contribution in [1.82, 2.24) is 15.2 Å². The number of hydrogen-bond donors (Lipinski definition) is 2. The third kappa shape index (κ3) is 2.98. The van der Waals surface area contributed by atoms with Gasteiger partial charge in [-0.2, -0.15) is 18.3 Å². The number of halogens is 3. The number of benzene rings is 1. The van der Waals surface area contributed by atoms with E-state index in [1.807, 2.05) is 30.3 Å². The van der Waals surface area contributed by atoms with Crippen LogP contribution in [0.1, 0.15) is 16.8 Å². The summed E-state index contributed by atoms with van der Waals surface area (Å²) in [4.78, 5) is 4.10. The number of anilines is 1. The van der Waals surface area contributed by atoms with E-state index in [1.54, 1.807) is 0 Å². The molecule has 0 bridgehead atoms. The van der Waals surface area contributed by atoms with Crippen LogP contribution < -0.4 is 10.1 Å². The van der Waals surface area contributed by atoms with Gasteiger partial charge < -0.3 is 10.1 Å². The van der Waals surface area contributed by atoms with Gasteiger partial charge in [0.2, 0.25) is 0 Å². The summed E-state index contributed by atoms with van der Waals surface area (Å²) in [6.45, 7) is 2.21. The number of nitrogens with zero attached hydrogens (tertiary/aromatic N) is 2. The van der Waals surface area contributed by atoms with Gasteiger partial charge in [0.05, 0.1) is 10.9 Å². The number of aromatic nitrogens is 3. The van der Waals surface area contributed by atoms with Crippen LogP contribution in [-0.2, 0) is 6.18 Å². The molecule has 3 heterocycles. The Labute approximate surface area is 146 Å². The van der Waals surface area contributed by atoms with Crippen molar-refractivity contribution in [3.05, 3.63) is 52.7 Å². The van der Waals surface area contributed by atoms with Crippen LogP contribution in [0.5, 0.6) is 5.75 Å². The number of hydrogen-bond acceptors (Lipinski definition) is 4. The number of fused-ring (bicyclic) bond motifs is 2. The van der Waals surface area contributed by atoms with E-state index in [1.165, 1.54) is 6.92 Å². The van der Waals surface area contributed by atoms with Crippen LogP contribution >= 0.6 is 0 Å². The Morgan fingerprint density at radius 1 is 1.27 bits per heavy atom. The molecule has 0 radical (unpaired) electrons. The van der Waals surface area contributed by atoms with Gasteiger partial charge in [0, 0.05) is 17.8 Å². The minimum atomic E-state index is -4.49. The van der Waals surface area contributed by atoms with Crippen molar-refractivity contribution < 1.29 is 17.9 Å². The number of para-hydroxylation sites is 1. The Bertz CT molecular complexity index is 1010. The number of ether oxygens (including phenoxy) is 1. The number of aryl methyl sites for hydroxylation is 1. The standard InChI is InChI=1S/C18H15F3N4O/c1-10-6-13(18(19,20)21)15-16(24-25-17(15)23-10)22-8-11-7-12-4-2-3-5-14(12)26-9-11/h2-7H,8-9H2,1H3,(H2,22,23,24,25). The van der Waals surface area contributed by atoms with E-state index >= 15 is 0 Å². The van der Waals surface area contributed by atoms with Crippen LogP contribution in [0.3, 0.4) is 0 Å². The number of nitrogens with one attached hydrogen (secondary N) is 2. The van der Waals surface area contributed by atoms with Crippen molar-refractivity contribution in [2.45, 2.75) is 13.1 Å². The predicted molar refractivity (Wildman–Crippen MR) is 92.0 cm³/mol. The zero-order chi connectivity index (χ0) is 18.3.